The van der Waals surface area contributed by atoms with Gasteiger partial charge in [-0.05, 0) is 273 Å². The zero-order valence-corrected chi connectivity index (χ0v) is 82.7. The van der Waals surface area contributed by atoms with Gasteiger partial charge < -0.3 is 114 Å². The van der Waals surface area contributed by atoms with Crippen LogP contribution in [-0.4, -0.2) is 152 Å². The number of H-pyrrole nitrogens is 5. The average Bonchev–Trinajstić information content (AvgIpc) is 1.59. The molecule has 129 heavy (non-hydrogen) atoms. The van der Waals surface area contributed by atoms with Gasteiger partial charge in [0.25, 0.3) is 0 Å². The zero-order chi connectivity index (χ0) is 94.1. The second-order valence-electron chi connectivity index (χ2n) is 37.0. The number of nitrogens with one attached hydrogen (secondary N) is 12. The number of nitrogens with two attached hydrogens (primary N) is 4. The number of carboxylic acid groups (broad SMARTS) is 1. The van der Waals surface area contributed by atoms with Crippen LogP contribution >= 0.6 is 79.6 Å². The molecular formula is C93H119Br5N16O15. The number of carbonyl (C=O) groups excluding carboxylic acids is 8. The van der Waals surface area contributed by atoms with Gasteiger partial charge in [0.15, 0.2) is 0 Å². The standard InChI is InChI=1S/C25H35BrN4O5.C20H25BrN2O4.C18H21BrN2O4.2C15H19BrN4O/c1-24(2,3)34-22(32)28-10-9-27-21(31)14-11-17-16-13-15(26)7-8-18(16)29-20(17)19(12-14)30-23(33)35-25(4,5)6;1-5-26-18(24)11-8-14-13-10-12(21)6-7-15(13)22-17(14)16(9-11)23-19(25)27-20(2,3)4;1-18(2,3)25-17(24)21-14-7-9(16(22)23)6-12-11-8-10(19)4-5-13(11)20-15(12)14;2*16-9-1-2-13-10(7-9)11-5-8(15(21)19-4-3-17)6-12(18)14(11)20-13/h7-8,13-14,19,29H,9-12H2,1-6H3,(H,27,31)(H,28,32)(H,30,33);6-7,10-11,16,22H,5,8-9H2,1-4H3,(H,23,25);4-5,8-9,14,20H,6-7H2,1-3H3,(H,21,24)(H,22,23);2*1-2,7-8,12,20H,3-6,17-18H2,(H,19,21). The van der Waals surface area contributed by atoms with Gasteiger partial charge in [0.2, 0.25) is 17.7 Å². The molecule has 36 heteroatoms. The van der Waals surface area contributed by atoms with E-state index in [9.17, 15) is 48.3 Å². The first-order valence-electron chi connectivity index (χ1n) is 43.3. The van der Waals surface area contributed by atoms with Gasteiger partial charge in [-0.1, -0.05) is 79.6 Å². The van der Waals surface area contributed by atoms with Gasteiger partial charge >= 0.3 is 36.3 Å². The fraction of sp³-hybridized carbons (Fsp3) is 0.473. The second-order valence-corrected chi connectivity index (χ2v) is 41.6. The number of ether oxygens (including phenoxy) is 5. The van der Waals surface area contributed by atoms with E-state index in [0.29, 0.717) is 84.2 Å². The van der Waals surface area contributed by atoms with Crippen molar-refractivity contribution in [2.45, 2.75) is 207 Å². The molecule has 0 aliphatic heterocycles. The van der Waals surface area contributed by atoms with E-state index in [0.717, 1.165) is 146 Å². The lowest BCUT2D eigenvalue weighted by Crippen LogP contribution is -2.43. The van der Waals surface area contributed by atoms with E-state index >= 15 is 0 Å². The van der Waals surface area contributed by atoms with E-state index in [4.69, 9.17) is 46.6 Å². The minimum atomic E-state index is -0.856. The lowest BCUT2D eigenvalue weighted by atomic mass is 9.82. The maximum atomic E-state index is 13.0. The largest absolute Gasteiger partial charge is 0.481 e. The number of alkyl carbamates (subject to hydrolysis) is 4. The van der Waals surface area contributed by atoms with E-state index in [1.54, 1.807) is 69.2 Å². The molecule has 31 nitrogen and oxygen atoms in total. The Morgan fingerprint density at radius 1 is 0.364 bits per heavy atom. The summed E-state index contributed by atoms with van der Waals surface area (Å²) in [5.74, 6) is -2.52. The van der Waals surface area contributed by atoms with Crippen molar-refractivity contribution in [2.24, 2.45) is 52.5 Å². The van der Waals surface area contributed by atoms with Gasteiger partial charge in [0.05, 0.1) is 36.6 Å². The van der Waals surface area contributed by atoms with Crippen LogP contribution in [-0.2, 0) is 79.8 Å². The first-order chi connectivity index (χ1) is 60.7. The Balaban J connectivity index is 0.000000158. The molecule has 0 spiro atoms. The Kier molecular flexibility index (Phi) is 33.2. The number of benzene rings is 5. The lowest BCUT2D eigenvalue weighted by molar-refractivity contribution is -0.148. The van der Waals surface area contributed by atoms with E-state index in [-0.39, 0.29) is 78.6 Å². The summed E-state index contributed by atoms with van der Waals surface area (Å²) in [5.41, 5.74) is 36.1. The van der Waals surface area contributed by atoms with Crippen molar-refractivity contribution >= 4 is 188 Å². The summed E-state index contributed by atoms with van der Waals surface area (Å²) in [7, 11) is 0. The van der Waals surface area contributed by atoms with Crippen molar-refractivity contribution in [1.29, 1.82) is 0 Å². The van der Waals surface area contributed by atoms with Gasteiger partial charge in [-0.2, -0.15) is 0 Å². The normalized spacial score (nSPS) is 19.8. The number of aromatic amines is 5. The minimum Gasteiger partial charge on any atom is -0.481 e. The molecule has 7 amide bonds. The maximum Gasteiger partial charge on any atom is 0.408 e. The second kappa shape index (κ2) is 42.8. The van der Waals surface area contributed by atoms with Crippen LogP contribution in [0.4, 0.5) is 19.2 Å². The molecule has 5 aliphatic carbocycles. The highest BCUT2D eigenvalue weighted by atomic mass is 79.9. The van der Waals surface area contributed by atoms with Crippen LogP contribution in [0.15, 0.2) is 113 Å². The molecule has 5 heterocycles. The van der Waals surface area contributed by atoms with E-state index in [2.05, 4.69) is 154 Å². The molecule has 10 aromatic rings. The number of aliphatic carboxylic acids is 1. The van der Waals surface area contributed by atoms with Crippen molar-refractivity contribution in [3.63, 3.8) is 0 Å². The summed E-state index contributed by atoms with van der Waals surface area (Å²) in [6.07, 6.45) is 3.43. The molecule has 10 atom stereocenters. The summed E-state index contributed by atoms with van der Waals surface area (Å²) in [6.45, 7) is 26.2. The van der Waals surface area contributed by atoms with E-state index < -0.39 is 70.7 Å². The predicted molar refractivity (Wildman–Crippen MR) is 515 cm³/mol. The van der Waals surface area contributed by atoms with E-state index in [1.807, 2.05) is 99.6 Å². The highest BCUT2D eigenvalue weighted by Gasteiger charge is 2.41. The third-order valence-electron chi connectivity index (χ3n) is 22.3. The molecule has 0 fully saturated rings. The maximum absolute atomic E-state index is 13.0. The highest BCUT2D eigenvalue weighted by Crippen LogP contribution is 2.45. The fourth-order valence-electron chi connectivity index (χ4n) is 17.0. The van der Waals surface area contributed by atoms with Crippen molar-refractivity contribution in [3.05, 3.63) is 170 Å². The number of halogens is 5. The SMILES string of the molecule is CC(C)(C)OC(=O)NC1CC(C(=O)O)Cc2c1[nH]c1ccc(Br)cc21.CC(C)(C)OC(=O)NCCNC(=O)C1Cc2c([nH]c3ccc(Br)cc23)C(NC(=O)OC(C)(C)C)C1.CCOC(=O)C1Cc2c([nH]c3ccc(Br)cc23)C(NC(=O)OC(C)(C)C)C1.NCCNC(=O)C1Cc2c([nH]c3ccc(Br)cc23)C(N)C1.NCCNC(=O)C1Cc2c([nH]c3ccc(Br)cc23)C(N)C1. The van der Waals surface area contributed by atoms with E-state index in [1.165, 1.54) is 0 Å². The topological polar surface area (TPSA) is 487 Å². The van der Waals surface area contributed by atoms with Crippen molar-refractivity contribution < 1.29 is 71.9 Å². The Labute approximate surface area is 791 Å². The van der Waals surface area contributed by atoms with Gasteiger partial charge in [-0.25, -0.2) is 19.2 Å². The molecule has 696 valence electrons. The quantitative estimate of drug-likeness (QED) is 0.0243. The lowest BCUT2D eigenvalue weighted by Gasteiger charge is -2.30. The van der Waals surface area contributed by atoms with Crippen LogP contribution in [0.5, 0.6) is 0 Å². The first-order valence-corrected chi connectivity index (χ1v) is 47.3. The molecule has 0 radical (unpaired) electrons. The molecule has 21 N–H and O–H groups in total. The predicted octanol–water partition coefficient (Wildman–Crippen LogP) is 16.6. The van der Waals surface area contributed by atoms with Crippen LogP contribution in [0.1, 0.15) is 209 Å². The molecule has 10 unspecified atom stereocenters. The average molecular weight is 2100 g/mol. The van der Waals surface area contributed by atoms with Crippen LogP contribution in [0, 0.1) is 29.6 Å². The molecule has 0 saturated carbocycles. The fourth-order valence-corrected chi connectivity index (χ4v) is 18.8. The number of esters is 1. The molecular weight excluding hydrogens is 1980 g/mol. The number of fused-ring (bicyclic) bond motifs is 15. The monoisotopic (exact) mass is 2090 g/mol. The summed E-state index contributed by atoms with van der Waals surface area (Å²) in [5, 5.41) is 34.8. The summed E-state index contributed by atoms with van der Waals surface area (Å²) < 4.78 is 31.5. The number of carbonyl (C=O) groups is 9. The van der Waals surface area contributed by atoms with Crippen molar-refractivity contribution in [3.8, 4) is 0 Å². The highest BCUT2D eigenvalue weighted by molar-refractivity contribution is 9.11. The number of rotatable bonds is 16. The van der Waals surface area contributed by atoms with Crippen LogP contribution in [0.25, 0.3) is 54.5 Å². The van der Waals surface area contributed by atoms with Crippen LogP contribution in [0.2, 0.25) is 0 Å². The molecule has 0 bridgehead atoms. The molecule has 5 aliphatic rings. The number of hydrogen-bond acceptors (Lipinski definition) is 18. The minimum absolute atomic E-state index is 0.0471. The summed E-state index contributed by atoms with van der Waals surface area (Å²) in [4.78, 5) is 127. The molecule has 15 rings (SSSR count). The Morgan fingerprint density at radius 2 is 0.620 bits per heavy atom. The van der Waals surface area contributed by atoms with Crippen molar-refractivity contribution in [2.75, 3.05) is 45.9 Å². The Bertz CT molecular complexity index is 5660. The molecule has 5 aromatic carbocycles. The van der Waals surface area contributed by atoms with Gasteiger partial charge in [0, 0.05) is 174 Å². The van der Waals surface area contributed by atoms with Crippen molar-refractivity contribution in [1.82, 2.24) is 62.1 Å². The number of amides is 7. The van der Waals surface area contributed by atoms with Gasteiger partial charge in [-0.15, -0.1) is 0 Å². The Hall–Kier alpha value is -9.53. The van der Waals surface area contributed by atoms with Crippen LogP contribution in [0.3, 0.4) is 0 Å². The first kappa shape index (κ1) is 100. The summed E-state index contributed by atoms with van der Waals surface area (Å²) in [6, 6.07) is 28.6. The number of aromatic nitrogens is 5. The molecule has 5 aromatic heterocycles. The number of hydrogen-bond donors (Lipinski definition) is 17. The number of carboxylic acids is 1. The van der Waals surface area contributed by atoms with Crippen LogP contribution < -0.4 is 60.2 Å². The third kappa shape index (κ3) is 26.7. The Morgan fingerprint density at radius 3 is 0.922 bits per heavy atom. The molecule has 0 saturated heterocycles. The van der Waals surface area contributed by atoms with Gasteiger partial charge in [0.1, 0.15) is 22.4 Å². The smallest absolute Gasteiger partial charge is 0.408 e. The zero-order valence-electron chi connectivity index (χ0n) is 74.8. The third-order valence-corrected chi connectivity index (χ3v) is 24.8. The summed E-state index contributed by atoms with van der Waals surface area (Å²) >= 11 is 17.5. The van der Waals surface area contributed by atoms with Gasteiger partial charge in [-0.3, -0.25) is 24.0 Å².